The highest BCUT2D eigenvalue weighted by Crippen LogP contribution is 2.25. The average Bonchev–Trinajstić information content (AvgIpc) is 3.18. The van der Waals surface area contributed by atoms with E-state index in [1.54, 1.807) is 24.7 Å². The van der Waals surface area contributed by atoms with Gasteiger partial charge in [-0.1, -0.05) is 0 Å². The molecule has 1 N–H and O–H groups in total. The molecule has 2 heterocycles. The van der Waals surface area contributed by atoms with Crippen LogP contribution in [0.25, 0.3) is 0 Å². The zero-order valence-corrected chi connectivity index (χ0v) is 13.5. The van der Waals surface area contributed by atoms with Gasteiger partial charge in [0.15, 0.2) is 5.75 Å². The second-order valence-corrected chi connectivity index (χ2v) is 5.89. The molecule has 0 aliphatic heterocycles. The Labute approximate surface area is 135 Å². The van der Waals surface area contributed by atoms with Crippen LogP contribution in [0.5, 0.6) is 5.75 Å². The number of aryl methyl sites for hydroxylation is 2. The first-order valence-electron chi connectivity index (χ1n) is 8.08. The van der Waals surface area contributed by atoms with E-state index in [0.29, 0.717) is 5.56 Å². The Bertz CT molecular complexity index is 683. The molecule has 2 aromatic heterocycles. The standard InChI is InChI=1S/C17H22N4O2/c1-3-21-11-13(10-19-21)23-16-6-4-5-15(16)20-17(22)14-7-8-18-9-12(14)2/h7-11,15-16H,3-6H2,1-2H3,(H,20,22)/t15-,16+/m0/s1. The van der Waals surface area contributed by atoms with Gasteiger partial charge in [0, 0.05) is 24.5 Å². The number of carbonyl (C=O) groups excluding carboxylic acids is 1. The molecule has 0 spiro atoms. The molecule has 0 aromatic carbocycles. The van der Waals surface area contributed by atoms with Crippen LogP contribution in [0.3, 0.4) is 0 Å². The summed E-state index contributed by atoms with van der Waals surface area (Å²) in [6.07, 6.45) is 9.89. The van der Waals surface area contributed by atoms with Gasteiger partial charge in [-0.25, -0.2) is 0 Å². The summed E-state index contributed by atoms with van der Waals surface area (Å²) in [6, 6.07) is 1.78. The molecule has 6 heteroatoms. The number of carbonyl (C=O) groups is 1. The van der Waals surface area contributed by atoms with Gasteiger partial charge in [-0.2, -0.15) is 5.10 Å². The Hall–Kier alpha value is -2.37. The minimum Gasteiger partial charge on any atom is -0.485 e. The summed E-state index contributed by atoms with van der Waals surface area (Å²) in [5, 5.41) is 7.33. The van der Waals surface area contributed by atoms with Gasteiger partial charge in [-0.3, -0.25) is 14.5 Å². The van der Waals surface area contributed by atoms with Crippen LogP contribution in [0.15, 0.2) is 30.9 Å². The molecule has 0 radical (unpaired) electrons. The Morgan fingerprint density at radius 3 is 3.04 bits per heavy atom. The normalized spacial score (nSPS) is 20.4. The number of hydrogen-bond acceptors (Lipinski definition) is 4. The third kappa shape index (κ3) is 3.52. The van der Waals surface area contributed by atoms with E-state index in [1.165, 1.54) is 0 Å². The van der Waals surface area contributed by atoms with E-state index in [9.17, 15) is 4.79 Å². The molecule has 1 fully saturated rings. The number of hydrogen-bond donors (Lipinski definition) is 1. The van der Waals surface area contributed by atoms with Crippen LogP contribution in [0, 0.1) is 6.92 Å². The van der Waals surface area contributed by atoms with Crippen molar-refractivity contribution in [3.8, 4) is 5.75 Å². The number of nitrogens with one attached hydrogen (secondary N) is 1. The van der Waals surface area contributed by atoms with Crippen LogP contribution in [-0.4, -0.2) is 32.8 Å². The molecule has 23 heavy (non-hydrogen) atoms. The zero-order chi connectivity index (χ0) is 16.2. The van der Waals surface area contributed by atoms with Gasteiger partial charge < -0.3 is 10.1 Å². The lowest BCUT2D eigenvalue weighted by atomic mass is 10.1. The van der Waals surface area contributed by atoms with Crippen molar-refractivity contribution in [2.24, 2.45) is 0 Å². The second-order valence-electron chi connectivity index (χ2n) is 5.89. The number of amides is 1. The number of pyridine rings is 1. The number of ether oxygens (including phenoxy) is 1. The minimum atomic E-state index is -0.0605. The predicted molar refractivity (Wildman–Crippen MR) is 86.4 cm³/mol. The first-order valence-corrected chi connectivity index (χ1v) is 8.08. The van der Waals surface area contributed by atoms with Gasteiger partial charge in [-0.05, 0) is 44.7 Å². The molecule has 1 aliphatic rings. The fourth-order valence-corrected chi connectivity index (χ4v) is 2.96. The van der Waals surface area contributed by atoms with Crippen molar-refractivity contribution in [1.82, 2.24) is 20.1 Å². The van der Waals surface area contributed by atoms with Gasteiger partial charge in [0.05, 0.1) is 18.4 Å². The van der Waals surface area contributed by atoms with E-state index >= 15 is 0 Å². The van der Waals surface area contributed by atoms with Gasteiger partial charge in [0.2, 0.25) is 0 Å². The van der Waals surface area contributed by atoms with E-state index in [4.69, 9.17) is 4.74 Å². The molecule has 122 valence electrons. The summed E-state index contributed by atoms with van der Waals surface area (Å²) in [5.74, 6) is 0.702. The number of aromatic nitrogens is 3. The molecule has 1 saturated carbocycles. The molecule has 0 unspecified atom stereocenters. The first-order chi connectivity index (χ1) is 11.2. The van der Waals surface area contributed by atoms with Gasteiger partial charge in [0.25, 0.3) is 5.91 Å². The van der Waals surface area contributed by atoms with Crippen molar-refractivity contribution < 1.29 is 9.53 Å². The Balaban J connectivity index is 1.65. The summed E-state index contributed by atoms with van der Waals surface area (Å²) < 4.78 is 7.86. The summed E-state index contributed by atoms with van der Waals surface area (Å²) in [5.41, 5.74) is 1.55. The highest BCUT2D eigenvalue weighted by molar-refractivity contribution is 5.95. The lowest BCUT2D eigenvalue weighted by Crippen LogP contribution is -2.42. The van der Waals surface area contributed by atoms with Crippen molar-refractivity contribution in [2.45, 2.75) is 51.8 Å². The summed E-state index contributed by atoms with van der Waals surface area (Å²) >= 11 is 0. The maximum absolute atomic E-state index is 12.5. The largest absolute Gasteiger partial charge is 0.485 e. The van der Waals surface area contributed by atoms with Crippen LogP contribution in [0.1, 0.15) is 42.1 Å². The second kappa shape index (κ2) is 6.81. The van der Waals surface area contributed by atoms with Gasteiger partial charge in [-0.15, -0.1) is 0 Å². The topological polar surface area (TPSA) is 69.0 Å². The monoisotopic (exact) mass is 314 g/mol. The fourth-order valence-electron chi connectivity index (χ4n) is 2.96. The van der Waals surface area contributed by atoms with Gasteiger partial charge >= 0.3 is 0 Å². The minimum absolute atomic E-state index is 0.00407. The first kappa shape index (κ1) is 15.5. The van der Waals surface area contributed by atoms with Crippen LogP contribution < -0.4 is 10.1 Å². The van der Waals surface area contributed by atoms with Crippen molar-refractivity contribution in [3.05, 3.63) is 42.0 Å². The van der Waals surface area contributed by atoms with Gasteiger partial charge in [0.1, 0.15) is 6.10 Å². The lowest BCUT2D eigenvalue weighted by Gasteiger charge is -2.22. The molecule has 2 aromatic rings. The Morgan fingerprint density at radius 1 is 1.43 bits per heavy atom. The molecule has 3 rings (SSSR count). The third-order valence-electron chi connectivity index (χ3n) is 4.25. The molecular formula is C17H22N4O2. The lowest BCUT2D eigenvalue weighted by molar-refractivity contribution is 0.0893. The van der Waals surface area contributed by atoms with Crippen LogP contribution >= 0.6 is 0 Å². The number of nitrogens with zero attached hydrogens (tertiary/aromatic N) is 3. The molecule has 1 aliphatic carbocycles. The maximum atomic E-state index is 12.5. The molecule has 6 nitrogen and oxygen atoms in total. The maximum Gasteiger partial charge on any atom is 0.252 e. The van der Waals surface area contributed by atoms with Crippen molar-refractivity contribution in [1.29, 1.82) is 0 Å². The smallest absolute Gasteiger partial charge is 0.252 e. The van der Waals surface area contributed by atoms with Crippen LogP contribution in [0.2, 0.25) is 0 Å². The quantitative estimate of drug-likeness (QED) is 0.919. The Morgan fingerprint density at radius 2 is 2.30 bits per heavy atom. The molecule has 1 amide bonds. The molecule has 0 saturated heterocycles. The van der Waals surface area contributed by atoms with Crippen molar-refractivity contribution in [3.63, 3.8) is 0 Å². The summed E-state index contributed by atoms with van der Waals surface area (Å²) in [7, 11) is 0. The zero-order valence-electron chi connectivity index (χ0n) is 13.5. The molecule has 2 atom stereocenters. The SMILES string of the molecule is CCn1cc(O[C@@H]2CCC[C@@H]2NC(=O)c2ccncc2C)cn1. The average molecular weight is 314 g/mol. The van der Waals surface area contributed by atoms with E-state index in [2.05, 4.69) is 15.4 Å². The highest BCUT2D eigenvalue weighted by Gasteiger charge is 2.31. The predicted octanol–water partition coefficient (Wildman–Crippen LogP) is 2.34. The molecule has 0 bridgehead atoms. The highest BCUT2D eigenvalue weighted by atomic mass is 16.5. The van der Waals surface area contributed by atoms with E-state index in [-0.39, 0.29) is 18.1 Å². The summed E-state index contributed by atoms with van der Waals surface area (Å²) in [4.78, 5) is 16.5. The number of rotatable bonds is 5. The fraction of sp³-hybridized carbons (Fsp3) is 0.471. The Kier molecular flexibility index (Phi) is 4.60. The van der Waals surface area contributed by atoms with Crippen LogP contribution in [-0.2, 0) is 6.54 Å². The van der Waals surface area contributed by atoms with Crippen molar-refractivity contribution >= 4 is 5.91 Å². The molecular weight excluding hydrogens is 292 g/mol. The third-order valence-corrected chi connectivity index (χ3v) is 4.25. The van der Waals surface area contributed by atoms with Crippen LogP contribution in [0.4, 0.5) is 0 Å². The van der Waals surface area contributed by atoms with E-state index in [0.717, 1.165) is 37.1 Å². The van der Waals surface area contributed by atoms with E-state index in [1.807, 2.05) is 24.7 Å². The summed E-state index contributed by atoms with van der Waals surface area (Å²) in [6.45, 7) is 4.74. The van der Waals surface area contributed by atoms with Crippen molar-refractivity contribution in [2.75, 3.05) is 0 Å². The van der Waals surface area contributed by atoms with E-state index < -0.39 is 0 Å².